The first-order chi connectivity index (χ1) is 5.70. The van der Waals surface area contributed by atoms with Crippen molar-refractivity contribution in [2.24, 2.45) is 0 Å². The van der Waals surface area contributed by atoms with Crippen molar-refractivity contribution in [2.75, 3.05) is 0 Å². The molecule has 1 aromatic rings. The van der Waals surface area contributed by atoms with E-state index in [4.69, 9.17) is 0 Å². The fraction of sp³-hybridized carbons (Fsp3) is 0.250. The second-order valence-corrected chi connectivity index (χ2v) is 2.35. The summed E-state index contributed by atoms with van der Waals surface area (Å²) in [6.45, 7) is 0.169. The first-order valence-electron chi connectivity index (χ1n) is 3.55. The van der Waals surface area contributed by atoms with Crippen LogP contribution in [0.15, 0.2) is 29.2 Å². The van der Waals surface area contributed by atoms with E-state index in [1.54, 1.807) is 18.3 Å². The molecule has 0 fully saturated rings. The smallest absolute Gasteiger partial charge is 0.250 e. The minimum absolute atomic E-state index is 0.135. The highest BCUT2D eigenvalue weighted by Gasteiger charge is 1.92. The molecule has 64 valence electrons. The van der Waals surface area contributed by atoms with Gasteiger partial charge in [-0.1, -0.05) is 6.07 Å². The number of carboxylic acid groups (broad SMARTS) is 1. The summed E-state index contributed by atoms with van der Waals surface area (Å²) in [6.07, 6.45) is 1.41. The van der Waals surface area contributed by atoms with E-state index in [2.05, 4.69) is 0 Å². The Morgan fingerprint density at radius 1 is 1.50 bits per heavy atom. The van der Waals surface area contributed by atoms with Crippen LogP contribution in [-0.4, -0.2) is 10.5 Å². The second-order valence-electron chi connectivity index (χ2n) is 2.35. The molecule has 0 spiro atoms. The maximum atomic E-state index is 11.0. The standard InChI is InChI=1S/C8H9NO3/c10-7-3-1-2-5-9(7)6-4-8(11)12/h1-3,5H,4,6H2,(H,11,12)/p-1. The van der Waals surface area contributed by atoms with E-state index >= 15 is 0 Å². The molecule has 0 aromatic carbocycles. The van der Waals surface area contributed by atoms with Crippen LogP contribution in [0.1, 0.15) is 6.42 Å². The molecule has 4 nitrogen and oxygen atoms in total. The number of hydrogen-bond donors (Lipinski definition) is 0. The highest BCUT2D eigenvalue weighted by molar-refractivity contribution is 5.63. The maximum absolute atomic E-state index is 11.0. The third-order valence-electron chi connectivity index (χ3n) is 1.46. The van der Waals surface area contributed by atoms with Gasteiger partial charge in [-0.2, -0.15) is 0 Å². The minimum atomic E-state index is -1.15. The fourth-order valence-electron chi connectivity index (χ4n) is 0.857. The molecular formula is C8H8NO3-. The van der Waals surface area contributed by atoms with Gasteiger partial charge in [0.05, 0.1) is 0 Å². The van der Waals surface area contributed by atoms with E-state index in [1.165, 1.54) is 10.6 Å². The summed E-state index contributed by atoms with van der Waals surface area (Å²) >= 11 is 0. The van der Waals surface area contributed by atoms with Crippen molar-refractivity contribution in [2.45, 2.75) is 13.0 Å². The molecule has 0 aliphatic carbocycles. The Kier molecular flexibility index (Phi) is 2.63. The number of hydrogen-bond acceptors (Lipinski definition) is 3. The molecule has 1 aromatic heterocycles. The molecule has 0 radical (unpaired) electrons. The summed E-state index contributed by atoms with van der Waals surface area (Å²) in [4.78, 5) is 21.0. The van der Waals surface area contributed by atoms with Gasteiger partial charge in [-0.3, -0.25) is 4.79 Å². The summed E-state index contributed by atoms with van der Waals surface area (Å²) in [7, 11) is 0. The summed E-state index contributed by atoms with van der Waals surface area (Å²) < 4.78 is 1.33. The molecular weight excluding hydrogens is 158 g/mol. The SMILES string of the molecule is O=C([O-])CCn1ccccc1=O. The van der Waals surface area contributed by atoms with Crippen molar-refractivity contribution in [3.63, 3.8) is 0 Å². The van der Waals surface area contributed by atoms with Crippen LogP contribution in [0.4, 0.5) is 0 Å². The summed E-state index contributed by atoms with van der Waals surface area (Å²) in [5.41, 5.74) is -0.196. The highest BCUT2D eigenvalue weighted by Crippen LogP contribution is 1.85. The second kappa shape index (κ2) is 3.71. The average molecular weight is 166 g/mol. The zero-order valence-electron chi connectivity index (χ0n) is 6.40. The number of aliphatic carboxylic acids is 1. The monoisotopic (exact) mass is 166 g/mol. The van der Waals surface area contributed by atoms with Crippen LogP contribution in [0.25, 0.3) is 0 Å². The van der Waals surface area contributed by atoms with E-state index in [1.807, 2.05) is 0 Å². The van der Waals surface area contributed by atoms with Gasteiger partial charge in [0.2, 0.25) is 0 Å². The Hall–Kier alpha value is -1.58. The van der Waals surface area contributed by atoms with Crippen LogP contribution in [0, 0.1) is 0 Å². The van der Waals surface area contributed by atoms with E-state index < -0.39 is 5.97 Å². The van der Waals surface area contributed by atoms with Crippen LogP contribution >= 0.6 is 0 Å². The highest BCUT2D eigenvalue weighted by atomic mass is 16.4. The van der Waals surface area contributed by atoms with Crippen LogP contribution in [0.3, 0.4) is 0 Å². The molecule has 0 aliphatic heterocycles. The number of aryl methyl sites for hydroxylation is 1. The lowest BCUT2D eigenvalue weighted by Crippen LogP contribution is -2.26. The van der Waals surface area contributed by atoms with Crippen LogP contribution < -0.4 is 10.7 Å². The van der Waals surface area contributed by atoms with Crippen molar-refractivity contribution >= 4 is 5.97 Å². The number of rotatable bonds is 3. The molecule has 1 rings (SSSR count). The van der Waals surface area contributed by atoms with Gasteiger partial charge in [0, 0.05) is 31.2 Å². The molecule has 0 atom stereocenters. The largest absolute Gasteiger partial charge is 0.550 e. The lowest BCUT2D eigenvalue weighted by atomic mass is 10.4. The van der Waals surface area contributed by atoms with Gasteiger partial charge < -0.3 is 14.5 Å². The van der Waals surface area contributed by atoms with Crippen molar-refractivity contribution < 1.29 is 9.90 Å². The molecule has 1 heterocycles. The molecule has 0 unspecified atom stereocenters. The lowest BCUT2D eigenvalue weighted by Gasteiger charge is -2.04. The summed E-state index contributed by atoms with van der Waals surface area (Å²) in [5.74, 6) is -1.15. The average Bonchev–Trinajstić information content (AvgIpc) is 2.03. The summed E-state index contributed by atoms with van der Waals surface area (Å²) in [6, 6.07) is 4.67. The van der Waals surface area contributed by atoms with Gasteiger partial charge in [-0.05, 0) is 6.07 Å². The van der Waals surface area contributed by atoms with Crippen molar-refractivity contribution in [3.8, 4) is 0 Å². The Bertz CT molecular complexity index is 329. The van der Waals surface area contributed by atoms with E-state index in [9.17, 15) is 14.7 Å². The third kappa shape index (κ3) is 2.23. The quantitative estimate of drug-likeness (QED) is 0.578. The fourth-order valence-corrected chi connectivity index (χ4v) is 0.857. The number of carbonyl (C=O) groups excluding carboxylic acids is 1. The van der Waals surface area contributed by atoms with Gasteiger partial charge in [0.25, 0.3) is 5.56 Å². The third-order valence-corrected chi connectivity index (χ3v) is 1.46. The Morgan fingerprint density at radius 3 is 2.83 bits per heavy atom. The molecule has 0 N–H and O–H groups in total. The number of aromatic nitrogens is 1. The predicted octanol–water partition coefficient (Wildman–Crippen LogP) is -1.01. The topological polar surface area (TPSA) is 62.1 Å². The van der Waals surface area contributed by atoms with E-state index in [0.717, 1.165) is 0 Å². The lowest BCUT2D eigenvalue weighted by molar-refractivity contribution is -0.305. The van der Waals surface area contributed by atoms with Crippen molar-refractivity contribution in [3.05, 3.63) is 34.7 Å². The van der Waals surface area contributed by atoms with Gasteiger partial charge >= 0.3 is 0 Å². The first kappa shape index (κ1) is 8.52. The maximum Gasteiger partial charge on any atom is 0.250 e. The molecule has 0 bridgehead atoms. The molecule has 0 saturated carbocycles. The Labute approximate surface area is 69.1 Å². The number of nitrogens with zero attached hydrogens (tertiary/aromatic N) is 1. The molecule has 12 heavy (non-hydrogen) atoms. The zero-order chi connectivity index (χ0) is 8.97. The van der Waals surface area contributed by atoms with Gasteiger partial charge in [0.15, 0.2) is 0 Å². The van der Waals surface area contributed by atoms with Crippen LogP contribution in [-0.2, 0) is 11.3 Å². The minimum Gasteiger partial charge on any atom is -0.550 e. The molecule has 0 aliphatic rings. The Morgan fingerprint density at radius 2 is 2.25 bits per heavy atom. The first-order valence-corrected chi connectivity index (χ1v) is 3.55. The molecule has 4 heteroatoms. The predicted molar refractivity (Wildman–Crippen MR) is 40.3 cm³/mol. The van der Waals surface area contributed by atoms with Gasteiger partial charge in [-0.25, -0.2) is 0 Å². The molecule has 0 saturated heterocycles. The molecule has 0 amide bonds. The number of carbonyl (C=O) groups is 1. The van der Waals surface area contributed by atoms with Gasteiger partial charge in [0.1, 0.15) is 0 Å². The number of pyridine rings is 1. The normalized spacial score (nSPS) is 9.67. The van der Waals surface area contributed by atoms with Crippen molar-refractivity contribution in [1.29, 1.82) is 0 Å². The van der Waals surface area contributed by atoms with Crippen LogP contribution in [0.2, 0.25) is 0 Å². The summed E-state index contributed by atoms with van der Waals surface area (Å²) in [5, 5.41) is 10.1. The van der Waals surface area contributed by atoms with E-state index in [0.29, 0.717) is 0 Å². The Balaban J connectivity index is 2.70. The number of carboxylic acids is 1. The van der Waals surface area contributed by atoms with E-state index in [-0.39, 0.29) is 18.5 Å². The zero-order valence-corrected chi connectivity index (χ0v) is 6.40. The van der Waals surface area contributed by atoms with Crippen LogP contribution in [0.5, 0.6) is 0 Å². The van der Waals surface area contributed by atoms with Gasteiger partial charge in [-0.15, -0.1) is 0 Å². The van der Waals surface area contributed by atoms with Crippen molar-refractivity contribution in [1.82, 2.24) is 4.57 Å².